The molecular weight excluding hydrogens is 248 g/mol. The Morgan fingerprint density at radius 3 is 2.89 bits per heavy atom. The highest BCUT2D eigenvalue weighted by Crippen LogP contribution is 2.29. The van der Waals surface area contributed by atoms with E-state index in [2.05, 4.69) is 15.3 Å². The van der Waals surface area contributed by atoms with Crippen molar-refractivity contribution in [2.75, 3.05) is 13.1 Å². The molecule has 2 amide bonds. The van der Waals surface area contributed by atoms with Gasteiger partial charge in [-0.15, -0.1) is 0 Å². The molecule has 7 nitrogen and oxygen atoms in total. The van der Waals surface area contributed by atoms with Crippen molar-refractivity contribution in [3.8, 4) is 0 Å². The van der Waals surface area contributed by atoms with Gasteiger partial charge in [0.2, 0.25) is 0 Å². The number of carboxylic acids is 1. The Kier molecular flexibility index (Phi) is 4.03. The number of aromatic amines is 1. The van der Waals surface area contributed by atoms with E-state index in [1.54, 1.807) is 19.3 Å². The fraction of sp³-hybridized carbons (Fsp3) is 0.583. The van der Waals surface area contributed by atoms with Gasteiger partial charge in [0.05, 0.1) is 6.04 Å². The molecular formula is C12H18N4O3. The molecule has 2 rings (SSSR count). The molecule has 1 heterocycles. The van der Waals surface area contributed by atoms with Crippen molar-refractivity contribution < 1.29 is 14.7 Å². The minimum absolute atomic E-state index is 0.271. The molecule has 0 radical (unpaired) electrons. The van der Waals surface area contributed by atoms with Gasteiger partial charge < -0.3 is 20.3 Å². The van der Waals surface area contributed by atoms with Gasteiger partial charge in [0.25, 0.3) is 0 Å². The van der Waals surface area contributed by atoms with Crippen LogP contribution >= 0.6 is 0 Å². The average Bonchev–Trinajstić information content (AvgIpc) is 2.98. The van der Waals surface area contributed by atoms with Gasteiger partial charge in [0, 0.05) is 18.9 Å². The molecule has 1 saturated carbocycles. The van der Waals surface area contributed by atoms with E-state index in [-0.39, 0.29) is 18.6 Å². The van der Waals surface area contributed by atoms with E-state index in [4.69, 9.17) is 5.11 Å². The monoisotopic (exact) mass is 266 g/mol. The first-order valence-corrected chi connectivity index (χ1v) is 6.32. The Morgan fingerprint density at radius 2 is 2.37 bits per heavy atom. The van der Waals surface area contributed by atoms with E-state index in [0.29, 0.717) is 18.3 Å². The average molecular weight is 266 g/mol. The Bertz CT molecular complexity index is 442. The quantitative estimate of drug-likeness (QED) is 0.714. The molecule has 1 atom stereocenters. The van der Waals surface area contributed by atoms with Crippen LogP contribution in [0.5, 0.6) is 0 Å². The number of urea groups is 1. The molecule has 1 aromatic rings. The number of aromatic nitrogens is 2. The van der Waals surface area contributed by atoms with Crippen LogP contribution in [0, 0.1) is 5.92 Å². The van der Waals surface area contributed by atoms with E-state index in [1.165, 1.54) is 4.90 Å². The molecule has 1 aliphatic carbocycles. The normalized spacial score (nSPS) is 15.8. The number of carboxylic acid groups (broad SMARTS) is 1. The maximum atomic E-state index is 12.1. The van der Waals surface area contributed by atoms with Crippen LogP contribution in [0.4, 0.5) is 4.79 Å². The van der Waals surface area contributed by atoms with Crippen LogP contribution in [0.3, 0.4) is 0 Å². The van der Waals surface area contributed by atoms with E-state index in [0.717, 1.165) is 12.8 Å². The maximum Gasteiger partial charge on any atom is 0.323 e. The van der Waals surface area contributed by atoms with Crippen LogP contribution < -0.4 is 5.32 Å². The van der Waals surface area contributed by atoms with Crippen molar-refractivity contribution in [3.63, 3.8) is 0 Å². The lowest BCUT2D eigenvalue weighted by Gasteiger charge is -2.23. The van der Waals surface area contributed by atoms with E-state index in [9.17, 15) is 9.59 Å². The molecule has 104 valence electrons. The number of H-pyrrole nitrogens is 1. The number of carbonyl (C=O) groups is 2. The van der Waals surface area contributed by atoms with Crippen molar-refractivity contribution >= 4 is 12.0 Å². The fourth-order valence-electron chi connectivity index (χ4n) is 1.85. The maximum absolute atomic E-state index is 12.1. The van der Waals surface area contributed by atoms with E-state index in [1.807, 2.05) is 0 Å². The van der Waals surface area contributed by atoms with Gasteiger partial charge in [-0.2, -0.15) is 0 Å². The Labute approximate surface area is 111 Å². The lowest BCUT2D eigenvalue weighted by molar-refractivity contribution is -0.137. The van der Waals surface area contributed by atoms with Gasteiger partial charge in [0.1, 0.15) is 12.4 Å². The molecule has 1 fully saturated rings. The Balaban J connectivity index is 1.92. The first-order chi connectivity index (χ1) is 9.06. The molecule has 19 heavy (non-hydrogen) atoms. The van der Waals surface area contributed by atoms with Crippen molar-refractivity contribution in [1.29, 1.82) is 0 Å². The molecule has 1 aliphatic rings. The van der Waals surface area contributed by atoms with Gasteiger partial charge in [-0.3, -0.25) is 4.79 Å². The lowest BCUT2D eigenvalue weighted by atomic mass is 10.3. The second-order valence-corrected chi connectivity index (χ2v) is 4.86. The fourth-order valence-corrected chi connectivity index (χ4v) is 1.85. The summed E-state index contributed by atoms with van der Waals surface area (Å²) in [7, 11) is 0. The summed E-state index contributed by atoms with van der Waals surface area (Å²) in [4.78, 5) is 31.2. The topological polar surface area (TPSA) is 98.3 Å². The van der Waals surface area contributed by atoms with Crippen molar-refractivity contribution in [1.82, 2.24) is 20.2 Å². The van der Waals surface area contributed by atoms with Crippen LogP contribution in [0.2, 0.25) is 0 Å². The molecule has 1 unspecified atom stereocenters. The molecule has 0 aliphatic heterocycles. The van der Waals surface area contributed by atoms with Gasteiger partial charge in [0.15, 0.2) is 0 Å². The van der Waals surface area contributed by atoms with Gasteiger partial charge in [-0.1, -0.05) is 0 Å². The number of rotatable bonds is 6. The number of amides is 2. The second kappa shape index (κ2) is 5.73. The number of hydrogen-bond donors (Lipinski definition) is 3. The summed E-state index contributed by atoms with van der Waals surface area (Å²) in [6.07, 6.45) is 5.42. The third kappa shape index (κ3) is 3.97. The number of aliphatic carboxylic acids is 1. The summed E-state index contributed by atoms with van der Waals surface area (Å²) >= 11 is 0. The van der Waals surface area contributed by atoms with Gasteiger partial charge in [-0.25, -0.2) is 9.78 Å². The minimum Gasteiger partial charge on any atom is -0.480 e. The summed E-state index contributed by atoms with van der Waals surface area (Å²) in [6.45, 7) is 2.03. The third-order valence-electron chi connectivity index (χ3n) is 3.06. The zero-order valence-electron chi connectivity index (χ0n) is 10.8. The zero-order valence-corrected chi connectivity index (χ0v) is 10.8. The van der Waals surface area contributed by atoms with Crippen LogP contribution in [-0.2, 0) is 4.79 Å². The first kappa shape index (κ1) is 13.4. The lowest BCUT2D eigenvalue weighted by Crippen LogP contribution is -2.44. The number of carbonyl (C=O) groups excluding carboxylic acids is 1. The number of nitrogens with zero attached hydrogens (tertiary/aromatic N) is 2. The Hall–Kier alpha value is -2.05. The first-order valence-electron chi connectivity index (χ1n) is 6.32. The largest absolute Gasteiger partial charge is 0.480 e. The molecule has 0 bridgehead atoms. The third-order valence-corrected chi connectivity index (χ3v) is 3.06. The zero-order chi connectivity index (χ0) is 13.8. The van der Waals surface area contributed by atoms with Crippen LogP contribution in [-0.4, -0.2) is 45.1 Å². The molecule has 1 aromatic heterocycles. The minimum atomic E-state index is -0.999. The summed E-state index contributed by atoms with van der Waals surface area (Å²) < 4.78 is 0. The summed E-state index contributed by atoms with van der Waals surface area (Å²) in [6, 6.07) is -0.642. The predicted octanol–water partition coefficient (Wildman–Crippen LogP) is 0.977. The van der Waals surface area contributed by atoms with Gasteiger partial charge in [-0.05, 0) is 25.7 Å². The highest BCUT2D eigenvalue weighted by atomic mass is 16.4. The van der Waals surface area contributed by atoms with Crippen molar-refractivity contribution in [3.05, 3.63) is 18.2 Å². The molecule has 7 heteroatoms. The molecule has 0 spiro atoms. The van der Waals surface area contributed by atoms with E-state index < -0.39 is 5.97 Å². The second-order valence-electron chi connectivity index (χ2n) is 4.86. The van der Waals surface area contributed by atoms with E-state index >= 15 is 0 Å². The number of hydrogen-bond acceptors (Lipinski definition) is 3. The number of nitrogens with one attached hydrogen (secondary N) is 2. The van der Waals surface area contributed by atoms with Crippen LogP contribution in [0.25, 0.3) is 0 Å². The van der Waals surface area contributed by atoms with Gasteiger partial charge >= 0.3 is 12.0 Å². The SMILES string of the molecule is CC(NC(=O)N(CC(=O)O)CC1CC1)c1ncc[nH]1. The van der Waals surface area contributed by atoms with Crippen molar-refractivity contribution in [2.24, 2.45) is 5.92 Å². The van der Waals surface area contributed by atoms with Crippen LogP contribution in [0.1, 0.15) is 31.6 Å². The summed E-state index contributed by atoms with van der Waals surface area (Å²) in [5, 5.41) is 11.6. The Morgan fingerprint density at radius 1 is 1.63 bits per heavy atom. The molecule has 3 N–H and O–H groups in total. The number of imidazole rings is 1. The smallest absolute Gasteiger partial charge is 0.323 e. The summed E-state index contributed by atoms with van der Waals surface area (Å²) in [5.41, 5.74) is 0. The predicted molar refractivity (Wildman–Crippen MR) is 67.5 cm³/mol. The standard InChI is InChI=1S/C12H18N4O3/c1-8(11-13-4-5-14-11)15-12(19)16(7-10(17)18)6-9-2-3-9/h4-5,8-9H,2-3,6-7H2,1H3,(H,13,14)(H,15,19)(H,17,18). The van der Waals surface area contributed by atoms with Crippen LogP contribution in [0.15, 0.2) is 12.4 Å². The summed E-state index contributed by atoms with van der Waals surface area (Å²) in [5.74, 6) is 0.0977. The highest BCUT2D eigenvalue weighted by molar-refractivity contribution is 5.80. The highest BCUT2D eigenvalue weighted by Gasteiger charge is 2.28. The molecule has 0 saturated heterocycles. The molecule has 0 aromatic carbocycles. The van der Waals surface area contributed by atoms with Crippen molar-refractivity contribution in [2.45, 2.75) is 25.8 Å².